The molecule has 27 heavy (non-hydrogen) atoms. The van der Waals surface area contributed by atoms with Crippen LogP contribution in [0, 0.1) is 0 Å². The van der Waals surface area contributed by atoms with Gasteiger partial charge in [0.1, 0.15) is 5.75 Å². The molecule has 0 N–H and O–H groups in total. The summed E-state index contributed by atoms with van der Waals surface area (Å²) in [6.07, 6.45) is 0.289. The summed E-state index contributed by atoms with van der Waals surface area (Å²) in [6, 6.07) is 14.1. The maximum Gasteiger partial charge on any atom is 0.245 e. The number of hydrogen-bond donors (Lipinski definition) is 0. The van der Waals surface area contributed by atoms with Gasteiger partial charge in [-0.3, -0.25) is 0 Å². The van der Waals surface area contributed by atoms with Gasteiger partial charge in [-0.2, -0.15) is 0 Å². The molecule has 0 aliphatic carbocycles. The first-order valence-corrected chi connectivity index (χ1v) is 10.3. The van der Waals surface area contributed by atoms with Crippen LogP contribution in [0.15, 0.2) is 51.8 Å². The number of fused-ring (bicyclic) bond motifs is 1. The number of methoxy groups -OCH3 is 1. The van der Waals surface area contributed by atoms with Gasteiger partial charge in [0.2, 0.25) is 5.92 Å². The maximum atomic E-state index is 13.5. The zero-order valence-electron chi connectivity index (χ0n) is 15.6. The van der Waals surface area contributed by atoms with Crippen molar-refractivity contribution in [1.82, 2.24) is 4.31 Å². The van der Waals surface area contributed by atoms with Crippen molar-refractivity contribution in [3.05, 3.63) is 46.9 Å². The fraction of sp³-hybridized carbons (Fsp3) is 0.400. The summed E-state index contributed by atoms with van der Waals surface area (Å²) in [4.78, 5) is 3.24. The van der Waals surface area contributed by atoms with Crippen LogP contribution in [-0.2, 0) is 0 Å². The van der Waals surface area contributed by atoms with Crippen molar-refractivity contribution in [3.8, 4) is 5.75 Å². The molecule has 0 bridgehead atoms. The van der Waals surface area contributed by atoms with Gasteiger partial charge in [0.05, 0.1) is 22.2 Å². The minimum atomic E-state index is -2.66. The van der Waals surface area contributed by atoms with Crippen molar-refractivity contribution >= 4 is 39.3 Å². The second-order valence-corrected chi connectivity index (χ2v) is 8.85. The Labute approximate surface area is 171 Å². The Hall–Kier alpha value is -1.31. The Kier molecular flexibility index (Phi) is 6.33. The van der Waals surface area contributed by atoms with Crippen molar-refractivity contribution in [1.29, 1.82) is 0 Å². The number of benzene rings is 2. The lowest BCUT2D eigenvalue weighted by Crippen LogP contribution is -2.36. The molecule has 0 radical (unpaired) electrons. The fourth-order valence-corrected chi connectivity index (χ4v) is 4.71. The maximum absolute atomic E-state index is 13.5. The molecule has 1 unspecified atom stereocenters. The second kappa shape index (κ2) is 8.37. The molecule has 1 atom stereocenters. The molecule has 0 amide bonds. The average Bonchev–Trinajstić information content (AvgIpc) is 2.75. The number of likely N-dealkylation sites (N-methyl/N-ethyl adjacent to an activating group) is 1. The smallest absolute Gasteiger partial charge is 0.245 e. The van der Waals surface area contributed by atoms with Crippen molar-refractivity contribution in [2.24, 2.45) is 0 Å². The lowest BCUT2D eigenvalue weighted by atomic mass is 10.1. The zero-order chi connectivity index (χ0) is 19.6. The number of hydrogen-bond acceptors (Lipinski definition) is 4. The van der Waals surface area contributed by atoms with E-state index in [0.29, 0.717) is 13.0 Å². The van der Waals surface area contributed by atoms with E-state index in [1.165, 1.54) is 0 Å². The van der Waals surface area contributed by atoms with Crippen LogP contribution in [0.3, 0.4) is 0 Å². The van der Waals surface area contributed by atoms with E-state index in [1.54, 1.807) is 19.1 Å². The van der Waals surface area contributed by atoms with Gasteiger partial charge in [-0.05, 0) is 72.5 Å². The summed E-state index contributed by atoms with van der Waals surface area (Å²) in [5, 5.41) is 0. The molecule has 146 valence electrons. The summed E-state index contributed by atoms with van der Waals surface area (Å²) in [7, 11) is 3.61. The minimum Gasteiger partial charge on any atom is -0.496 e. The van der Waals surface area contributed by atoms with Gasteiger partial charge in [0, 0.05) is 24.7 Å². The second-order valence-electron chi connectivity index (χ2n) is 6.80. The van der Waals surface area contributed by atoms with E-state index in [9.17, 15) is 8.78 Å². The van der Waals surface area contributed by atoms with Crippen LogP contribution in [0.4, 0.5) is 20.2 Å². The number of alkyl halides is 2. The number of anilines is 2. The van der Waals surface area contributed by atoms with Crippen molar-refractivity contribution < 1.29 is 13.5 Å². The molecular formula is C20H23BrF2N2OS. The zero-order valence-corrected chi connectivity index (χ0v) is 18.0. The summed E-state index contributed by atoms with van der Waals surface area (Å²) in [5.41, 5.74) is 2.08. The Balaban J connectivity index is 2.01. The van der Waals surface area contributed by atoms with Gasteiger partial charge in [-0.15, -0.1) is 0 Å². The molecule has 0 saturated heterocycles. The third-order valence-electron chi connectivity index (χ3n) is 4.66. The molecule has 0 aromatic heterocycles. The van der Waals surface area contributed by atoms with Crippen molar-refractivity contribution in [2.75, 3.05) is 25.6 Å². The van der Waals surface area contributed by atoms with Crippen molar-refractivity contribution in [2.45, 2.75) is 36.6 Å². The largest absolute Gasteiger partial charge is 0.496 e. The molecule has 1 heterocycles. The van der Waals surface area contributed by atoms with Gasteiger partial charge in [0.15, 0.2) is 0 Å². The topological polar surface area (TPSA) is 15.7 Å². The summed E-state index contributed by atoms with van der Waals surface area (Å²) in [6.45, 7) is 1.62. The van der Waals surface area contributed by atoms with E-state index >= 15 is 0 Å². The number of ether oxygens (including phenoxy) is 1. The fourth-order valence-electron chi connectivity index (χ4n) is 3.16. The third-order valence-corrected chi connectivity index (χ3v) is 6.39. The monoisotopic (exact) mass is 456 g/mol. The Bertz CT molecular complexity index is 786. The highest BCUT2D eigenvalue weighted by molar-refractivity contribution is 9.10. The van der Waals surface area contributed by atoms with Crippen LogP contribution < -0.4 is 9.64 Å². The van der Waals surface area contributed by atoms with Crippen LogP contribution in [0.5, 0.6) is 5.75 Å². The predicted molar refractivity (Wildman–Crippen MR) is 111 cm³/mol. The highest BCUT2D eigenvalue weighted by Gasteiger charge is 2.31. The molecular weight excluding hydrogens is 434 g/mol. The number of rotatable bonds is 5. The van der Waals surface area contributed by atoms with Gasteiger partial charge in [-0.1, -0.05) is 18.2 Å². The lowest BCUT2D eigenvalue weighted by Gasteiger charge is -2.30. The molecule has 0 spiro atoms. The quantitative estimate of drug-likeness (QED) is 0.486. The molecule has 1 aliphatic heterocycles. The van der Waals surface area contributed by atoms with Crippen LogP contribution in [0.1, 0.15) is 19.8 Å². The van der Waals surface area contributed by atoms with Gasteiger partial charge >= 0.3 is 0 Å². The van der Waals surface area contributed by atoms with E-state index in [2.05, 4.69) is 25.1 Å². The van der Waals surface area contributed by atoms with Crippen LogP contribution in [0.25, 0.3) is 0 Å². The van der Waals surface area contributed by atoms with E-state index in [-0.39, 0.29) is 12.5 Å². The minimum absolute atomic E-state index is 0.0156. The van der Waals surface area contributed by atoms with E-state index < -0.39 is 5.92 Å². The highest BCUT2D eigenvalue weighted by Crippen LogP contribution is 2.45. The van der Waals surface area contributed by atoms with Gasteiger partial charge in [-0.25, -0.2) is 13.1 Å². The molecule has 0 saturated carbocycles. The van der Waals surface area contributed by atoms with E-state index in [1.807, 2.05) is 49.5 Å². The Morgan fingerprint density at radius 3 is 2.59 bits per heavy atom. The standard InChI is InChI=1S/C20H23BrF2N2OS/c1-20(22,23)10-9-15-13-25(14-7-5-4-6-8-14)17-11-16(21)18(26-3)12-19(17)27-24(15)2/h4-8,11-12,15H,9-10,13H2,1-3H3. The molecule has 1 aliphatic rings. The highest BCUT2D eigenvalue weighted by atomic mass is 79.9. The third kappa shape index (κ3) is 4.95. The summed E-state index contributed by atoms with van der Waals surface area (Å²) >= 11 is 5.15. The predicted octanol–water partition coefficient (Wildman–Crippen LogP) is 6.35. The first-order valence-electron chi connectivity index (χ1n) is 8.77. The van der Waals surface area contributed by atoms with Crippen LogP contribution >= 0.6 is 27.9 Å². The van der Waals surface area contributed by atoms with Crippen LogP contribution in [-0.4, -0.2) is 37.0 Å². The SMILES string of the molecule is COc1cc2c(cc1Br)N(c1ccccc1)CC(CCC(C)(F)F)N(C)S2. The van der Waals surface area contributed by atoms with Gasteiger partial charge in [0.25, 0.3) is 0 Å². The number of para-hydroxylation sites is 1. The van der Waals surface area contributed by atoms with E-state index in [0.717, 1.165) is 33.4 Å². The molecule has 2 aromatic carbocycles. The average molecular weight is 457 g/mol. The first kappa shape index (κ1) is 20.4. The Morgan fingerprint density at radius 2 is 1.96 bits per heavy atom. The lowest BCUT2D eigenvalue weighted by molar-refractivity contribution is 0.00705. The van der Waals surface area contributed by atoms with Gasteiger partial charge < -0.3 is 9.64 Å². The van der Waals surface area contributed by atoms with Crippen molar-refractivity contribution in [3.63, 3.8) is 0 Å². The number of halogens is 3. The normalized spacial score (nSPS) is 18.1. The summed E-state index contributed by atoms with van der Waals surface area (Å²) in [5.74, 6) is -1.91. The Morgan fingerprint density at radius 1 is 1.26 bits per heavy atom. The van der Waals surface area contributed by atoms with Crippen LogP contribution in [0.2, 0.25) is 0 Å². The number of nitrogens with zero attached hydrogens (tertiary/aromatic N) is 2. The molecule has 7 heteroatoms. The summed E-state index contributed by atoms with van der Waals surface area (Å²) < 4.78 is 35.4. The van der Waals surface area contributed by atoms with E-state index in [4.69, 9.17) is 4.74 Å². The molecule has 2 aromatic rings. The molecule has 3 rings (SSSR count). The first-order chi connectivity index (χ1) is 12.8. The molecule has 0 fully saturated rings. The molecule has 3 nitrogen and oxygen atoms in total.